The Kier molecular flexibility index (Phi) is 3.26. The third-order valence-corrected chi connectivity index (χ3v) is 2.23. The fraction of sp³-hybridized carbons (Fsp3) is 0.800. The molecule has 80 valence electrons. The molecule has 4 heteroatoms. The van der Waals surface area contributed by atoms with Crippen LogP contribution in [0.4, 0.5) is 0 Å². The Bertz CT molecular complexity index is 285. The Morgan fingerprint density at radius 3 is 2.64 bits per heavy atom. The second-order valence-corrected chi connectivity index (χ2v) is 4.61. The van der Waals surface area contributed by atoms with Crippen molar-refractivity contribution in [2.45, 2.75) is 52.0 Å². The lowest BCUT2D eigenvalue weighted by atomic mass is 10.0. The van der Waals surface area contributed by atoms with Crippen LogP contribution in [-0.4, -0.2) is 20.7 Å². The van der Waals surface area contributed by atoms with Crippen LogP contribution in [0, 0.1) is 0 Å². The van der Waals surface area contributed by atoms with Crippen LogP contribution in [0.2, 0.25) is 0 Å². The van der Waals surface area contributed by atoms with Gasteiger partial charge in [-0.05, 0) is 20.3 Å². The van der Waals surface area contributed by atoms with E-state index < -0.39 is 0 Å². The number of H-pyrrole nitrogens is 1. The summed E-state index contributed by atoms with van der Waals surface area (Å²) in [5, 5.41) is 7.12. The highest BCUT2D eigenvalue weighted by molar-refractivity contribution is 4.99. The van der Waals surface area contributed by atoms with Crippen LogP contribution < -0.4 is 5.73 Å². The third kappa shape index (κ3) is 3.10. The van der Waals surface area contributed by atoms with Crippen LogP contribution in [-0.2, 0) is 6.42 Å². The van der Waals surface area contributed by atoms with Crippen LogP contribution in [0.1, 0.15) is 51.7 Å². The summed E-state index contributed by atoms with van der Waals surface area (Å²) in [5.41, 5.74) is 5.67. The molecule has 0 aromatic carbocycles. The predicted octanol–water partition coefficient (Wildman–Crippen LogP) is 1.60. The Hall–Kier alpha value is -0.900. The summed E-state index contributed by atoms with van der Waals surface area (Å²) < 4.78 is 0. The van der Waals surface area contributed by atoms with E-state index >= 15 is 0 Å². The summed E-state index contributed by atoms with van der Waals surface area (Å²) in [4.78, 5) is 4.42. The number of aromatic amines is 1. The first-order valence-electron chi connectivity index (χ1n) is 5.12. The van der Waals surface area contributed by atoms with Crippen molar-refractivity contribution < 1.29 is 0 Å². The highest BCUT2D eigenvalue weighted by Gasteiger charge is 2.16. The van der Waals surface area contributed by atoms with Gasteiger partial charge in [0, 0.05) is 17.9 Å². The smallest absolute Gasteiger partial charge is 0.153 e. The van der Waals surface area contributed by atoms with E-state index in [1.807, 2.05) is 13.8 Å². The zero-order valence-electron chi connectivity index (χ0n) is 9.46. The second kappa shape index (κ2) is 4.09. The van der Waals surface area contributed by atoms with Gasteiger partial charge in [-0.3, -0.25) is 5.10 Å². The SMILES string of the molecule is CCC(C)c1n[nH]c(CC(C)(C)N)n1. The molecular formula is C10H20N4. The van der Waals surface area contributed by atoms with Gasteiger partial charge in [0.1, 0.15) is 5.82 Å². The number of aromatic nitrogens is 3. The van der Waals surface area contributed by atoms with Crippen molar-refractivity contribution in [1.29, 1.82) is 0 Å². The molecule has 3 N–H and O–H groups in total. The quantitative estimate of drug-likeness (QED) is 0.768. The summed E-state index contributed by atoms with van der Waals surface area (Å²) in [6.45, 7) is 8.23. The van der Waals surface area contributed by atoms with Gasteiger partial charge in [-0.15, -0.1) is 0 Å². The first-order chi connectivity index (χ1) is 6.42. The van der Waals surface area contributed by atoms with E-state index in [0.29, 0.717) is 5.92 Å². The van der Waals surface area contributed by atoms with E-state index in [9.17, 15) is 0 Å². The molecule has 0 spiro atoms. The van der Waals surface area contributed by atoms with Crippen molar-refractivity contribution in [2.24, 2.45) is 5.73 Å². The molecule has 0 radical (unpaired) electrons. The van der Waals surface area contributed by atoms with Gasteiger partial charge in [0.05, 0.1) is 0 Å². The van der Waals surface area contributed by atoms with E-state index in [0.717, 1.165) is 24.5 Å². The maximum absolute atomic E-state index is 5.90. The lowest BCUT2D eigenvalue weighted by Crippen LogP contribution is -2.34. The number of nitrogens with two attached hydrogens (primary N) is 1. The number of hydrogen-bond donors (Lipinski definition) is 2. The van der Waals surface area contributed by atoms with Gasteiger partial charge in [0.25, 0.3) is 0 Å². The Labute approximate surface area is 85.3 Å². The van der Waals surface area contributed by atoms with E-state index in [4.69, 9.17) is 5.73 Å². The molecule has 0 aliphatic carbocycles. The molecular weight excluding hydrogens is 176 g/mol. The zero-order chi connectivity index (χ0) is 10.8. The minimum absolute atomic E-state index is 0.230. The lowest BCUT2D eigenvalue weighted by molar-refractivity contribution is 0.503. The highest BCUT2D eigenvalue weighted by atomic mass is 15.2. The zero-order valence-corrected chi connectivity index (χ0v) is 9.46. The van der Waals surface area contributed by atoms with E-state index in [1.165, 1.54) is 0 Å². The molecule has 0 saturated heterocycles. The summed E-state index contributed by atoms with van der Waals surface area (Å²) in [7, 11) is 0. The molecule has 0 aliphatic rings. The molecule has 0 saturated carbocycles. The second-order valence-electron chi connectivity index (χ2n) is 4.61. The minimum atomic E-state index is -0.230. The van der Waals surface area contributed by atoms with Gasteiger partial charge in [-0.25, -0.2) is 4.98 Å². The van der Waals surface area contributed by atoms with Gasteiger partial charge < -0.3 is 5.73 Å². The Balaban J connectivity index is 2.69. The minimum Gasteiger partial charge on any atom is -0.325 e. The molecule has 1 aromatic heterocycles. The Morgan fingerprint density at radius 1 is 1.50 bits per heavy atom. The first kappa shape index (κ1) is 11.2. The predicted molar refractivity (Wildman–Crippen MR) is 57.1 cm³/mol. The molecule has 0 fully saturated rings. The normalized spacial score (nSPS) is 14.4. The van der Waals surface area contributed by atoms with Gasteiger partial charge in [-0.1, -0.05) is 13.8 Å². The summed E-state index contributed by atoms with van der Waals surface area (Å²) in [6.07, 6.45) is 1.79. The lowest BCUT2D eigenvalue weighted by Gasteiger charge is -2.15. The van der Waals surface area contributed by atoms with E-state index in [1.54, 1.807) is 0 Å². The van der Waals surface area contributed by atoms with Crippen molar-refractivity contribution in [1.82, 2.24) is 15.2 Å². The molecule has 0 aliphatic heterocycles. The Morgan fingerprint density at radius 2 is 2.14 bits per heavy atom. The van der Waals surface area contributed by atoms with Crippen molar-refractivity contribution >= 4 is 0 Å². The molecule has 0 bridgehead atoms. The molecule has 14 heavy (non-hydrogen) atoms. The number of rotatable bonds is 4. The number of hydrogen-bond acceptors (Lipinski definition) is 3. The molecule has 0 amide bonds. The van der Waals surface area contributed by atoms with Crippen molar-refractivity contribution in [3.05, 3.63) is 11.6 Å². The summed E-state index contributed by atoms with van der Waals surface area (Å²) in [6, 6.07) is 0. The first-order valence-corrected chi connectivity index (χ1v) is 5.12. The van der Waals surface area contributed by atoms with Crippen LogP contribution >= 0.6 is 0 Å². The molecule has 1 atom stereocenters. The van der Waals surface area contributed by atoms with Crippen molar-refractivity contribution in [3.8, 4) is 0 Å². The summed E-state index contributed by atoms with van der Waals surface area (Å²) in [5.74, 6) is 2.19. The molecule has 4 nitrogen and oxygen atoms in total. The summed E-state index contributed by atoms with van der Waals surface area (Å²) >= 11 is 0. The molecule has 1 aromatic rings. The van der Waals surface area contributed by atoms with Crippen LogP contribution in [0.15, 0.2) is 0 Å². The van der Waals surface area contributed by atoms with Crippen LogP contribution in [0.25, 0.3) is 0 Å². The maximum Gasteiger partial charge on any atom is 0.153 e. The molecule has 1 heterocycles. The van der Waals surface area contributed by atoms with Gasteiger partial charge in [0.2, 0.25) is 0 Å². The van der Waals surface area contributed by atoms with Crippen molar-refractivity contribution in [3.63, 3.8) is 0 Å². The highest BCUT2D eigenvalue weighted by Crippen LogP contribution is 2.14. The number of nitrogens with zero attached hydrogens (tertiary/aromatic N) is 2. The average molecular weight is 196 g/mol. The maximum atomic E-state index is 5.90. The van der Waals surface area contributed by atoms with Gasteiger partial charge in [0.15, 0.2) is 5.82 Å². The largest absolute Gasteiger partial charge is 0.325 e. The van der Waals surface area contributed by atoms with Crippen LogP contribution in [0.3, 0.4) is 0 Å². The van der Waals surface area contributed by atoms with Gasteiger partial charge in [-0.2, -0.15) is 5.10 Å². The fourth-order valence-electron chi connectivity index (χ4n) is 1.22. The van der Waals surface area contributed by atoms with Gasteiger partial charge >= 0.3 is 0 Å². The van der Waals surface area contributed by atoms with E-state index in [-0.39, 0.29) is 5.54 Å². The third-order valence-electron chi connectivity index (χ3n) is 2.23. The average Bonchev–Trinajstić information content (AvgIpc) is 2.48. The molecule has 1 unspecified atom stereocenters. The van der Waals surface area contributed by atoms with Crippen molar-refractivity contribution in [2.75, 3.05) is 0 Å². The topological polar surface area (TPSA) is 67.6 Å². The van der Waals surface area contributed by atoms with Crippen LogP contribution in [0.5, 0.6) is 0 Å². The fourth-order valence-corrected chi connectivity index (χ4v) is 1.22. The standard InChI is InChI=1S/C10H20N4/c1-5-7(2)9-12-8(13-14-9)6-10(3,4)11/h7H,5-6,11H2,1-4H3,(H,12,13,14). The number of nitrogens with one attached hydrogen (secondary N) is 1. The monoisotopic (exact) mass is 196 g/mol. The molecule has 1 rings (SSSR count). The van der Waals surface area contributed by atoms with E-state index in [2.05, 4.69) is 29.0 Å².